The van der Waals surface area contributed by atoms with E-state index in [1.165, 1.54) is 10.2 Å². The van der Waals surface area contributed by atoms with Crippen LogP contribution in [0, 0.1) is 6.92 Å². The van der Waals surface area contributed by atoms with Crippen molar-refractivity contribution in [2.24, 2.45) is 7.05 Å². The van der Waals surface area contributed by atoms with Crippen molar-refractivity contribution >= 4 is 5.91 Å². The van der Waals surface area contributed by atoms with Crippen LogP contribution in [0.1, 0.15) is 16.2 Å². The fraction of sp³-hybridized carbons (Fsp3) is 0.333. The maximum atomic E-state index is 10.8. The molecule has 0 saturated heterocycles. The molecule has 1 aromatic rings. The van der Waals surface area contributed by atoms with E-state index in [0.717, 1.165) is 5.69 Å². The van der Waals surface area contributed by atoms with E-state index in [1.807, 2.05) is 0 Å². The van der Waals surface area contributed by atoms with Crippen LogP contribution in [0.4, 0.5) is 0 Å². The molecule has 0 aliphatic heterocycles. The number of nitrogens with one attached hydrogen (secondary N) is 1. The summed E-state index contributed by atoms with van der Waals surface area (Å²) in [5.74, 6) is -0.548. The third kappa shape index (κ3) is 1.38. The Kier molecular flexibility index (Phi) is 1.91. The Labute approximate surface area is 63.6 Å². The molecule has 1 amide bonds. The lowest BCUT2D eigenvalue weighted by Crippen LogP contribution is -2.21. The number of nitrogens with zero attached hydrogens (tertiary/aromatic N) is 2. The van der Waals surface area contributed by atoms with Gasteiger partial charge in [0.2, 0.25) is 0 Å². The second-order valence-corrected chi connectivity index (χ2v) is 2.24. The van der Waals surface area contributed by atoms with E-state index < -0.39 is 5.91 Å². The highest BCUT2D eigenvalue weighted by molar-refractivity contribution is 5.91. The summed E-state index contributed by atoms with van der Waals surface area (Å²) in [6.07, 6.45) is 0. The molecule has 5 nitrogen and oxygen atoms in total. The molecule has 1 rings (SSSR count). The van der Waals surface area contributed by atoms with Gasteiger partial charge in [-0.2, -0.15) is 5.10 Å². The van der Waals surface area contributed by atoms with E-state index >= 15 is 0 Å². The average Bonchev–Trinajstić information content (AvgIpc) is 2.28. The largest absolute Gasteiger partial charge is 0.292 e. The molecular weight excluding hydrogens is 146 g/mol. The number of carbonyl (C=O) groups is 1. The summed E-state index contributed by atoms with van der Waals surface area (Å²) in [4.78, 5) is 10.8. The fourth-order valence-electron chi connectivity index (χ4n) is 0.880. The number of aryl methyl sites for hydroxylation is 2. The number of amides is 1. The second kappa shape index (κ2) is 2.71. The van der Waals surface area contributed by atoms with Crippen LogP contribution in [0.2, 0.25) is 0 Å². The van der Waals surface area contributed by atoms with Gasteiger partial charge in [-0.3, -0.25) is 14.7 Å². The van der Waals surface area contributed by atoms with E-state index in [9.17, 15) is 4.79 Å². The normalized spacial score (nSPS) is 9.73. The van der Waals surface area contributed by atoms with Crippen LogP contribution < -0.4 is 5.48 Å². The zero-order valence-corrected chi connectivity index (χ0v) is 6.33. The van der Waals surface area contributed by atoms with E-state index in [2.05, 4.69) is 5.10 Å². The summed E-state index contributed by atoms with van der Waals surface area (Å²) in [5, 5.41) is 12.2. The molecule has 1 heterocycles. The molecule has 0 bridgehead atoms. The topological polar surface area (TPSA) is 67.2 Å². The van der Waals surface area contributed by atoms with Crippen molar-refractivity contribution in [2.45, 2.75) is 6.92 Å². The highest BCUT2D eigenvalue weighted by Crippen LogP contribution is 2.00. The molecule has 5 heteroatoms. The third-order valence-electron chi connectivity index (χ3n) is 1.34. The highest BCUT2D eigenvalue weighted by Gasteiger charge is 2.09. The molecule has 0 spiro atoms. The zero-order valence-electron chi connectivity index (χ0n) is 6.33. The smallest absolute Gasteiger partial charge is 0.288 e. The molecule has 0 atom stereocenters. The van der Waals surface area contributed by atoms with Gasteiger partial charge in [-0.05, 0) is 13.0 Å². The standard InChI is InChI=1S/C6H9N3O2/c1-4-3-5(6(10)8-11)9(2)7-4/h3,11H,1-2H3,(H,8,10). The van der Waals surface area contributed by atoms with E-state index in [4.69, 9.17) is 5.21 Å². The first kappa shape index (κ1) is 7.74. The molecule has 60 valence electrons. The molecule has 0 fully saturated rings. The van der Waals surface area contributed by atoms with Crippen molar-refractivity contribution < 1.29 is 10.0 Å². The first-order valence-corrected chi connectivity index (χ1v) is 3.10. The maximum Gasteiger partial charge on any atom is 0.292 e. The van der Waals surface area contributed by atoms with Crippen LogP contribution in [-0.4, -0.2) is 20.9 Å². The first-order chi connectivity index (χ1) is 5.15. The summed E-state index contributed by atoms with van der Waals surface area (Å²) in [6.45, 7) is 1.77. The van der Waals surface area contributed by atoms with E-state index in [1.54, 1.807) is 20.0 Å². The van der Waals surface area contributed by atoms with Crippen LogP contribution in [-0.2, 0) is 7.05 Å². The molecule has 0 unspecified atom stereocenters. The predicted octanol–water partition coefficient (Wildman–Crippen LogP) is -0.152. The number of rotatable bonds is 1. The number of aromatic nitrogens is 2. The SMILES string of the molecule is Cc1cc(C(=O)NO)n(C)n1. The van der Waals surface area contributed by atoms with Crippen molar-refractivity contribution in [1.82, 2.24) is 15.3 Å². The molecule has 0 aliphatic carbocycles. The predicted molar refractivity (Wildman–Crippen MR) is 37.2 cm³/mol. The molecule has 2 N–H and O–H groups in total. The Morgan fingerprint density at radius 1 is 1.82 bits per heavy atom. The van der Waals surface area contributed by atoms with Gasteiger partial charge in [0.15, 0.2) is 0 Å². The van der Waals surface area contributed by atoms with Crippen LogP contribution in [0.25, 0.3) is 0 Å². The van der Waals surface area contributed by atoms with Crippen LogP contribution >= 0.6 is 0 Å². The number of hydrogen-bond donors (Lipinski definition) is 2. The van der Waals surface area contributed by atoms with E-state index in [0.29, 0.717) is 5.69 Å². The van der Waals surface area contributed by atoms with Gasteiger partial charge in [0, 0.05) is 7.05 Å². The number of carbonyl (C=O) groups excluding carboxylic acids is 1. The van der Waals surface area contributed by atoms with Gasteiger partial charge in [0.05, 0.1) is 5.69 Å². The molecule has 0 saturated carbocycles. The monoisotopic (exact) mass is 155 g/mol. The minimum atomic E-state index is -0.548. The van der Waals surface area contributed by atoms with Crippen molar-refractivity contribution in [3.05, 3.63) is 17.5 Å². The van der Waals surface area contributed by atoms with Gasteiger partial charge in [0.1, 0.15) is 5.69 Å². The van der Waals surface area contributed by atoms with Crippen LogP contribution in [0.15, 0.2) is 6.07 Å². The third-order valence-corrected chi connectivity index (χ3v) is 1.34. The van der Waals surface area contributed by atoms with Crippen molar-refractivity contribution in [3.8, 4) is 0 Å². The maximum absolute atomic E-state index is 10.8. The second-order valence-electron chi connectivity index (χ2n) is 2.24. The van der Waals surface area contributed by atoms with Gasteiger partial charge >= 0.3 is 0 Å². The lowest BCUT2D eigenvalue weighted by Gasteiger charge is -1.96. The molecular formula is C6H9N3O2. The average molecular weight is 155 g/mol. The quantitative estimate of drug-likeness (QED) is 0.437. The molecule has 0 radical (unpaired) electrons. The fourth-order valence-corrected chi connectivity index (χ4v) is 0.880. The molecule has 11 heavy (non-hydrogen) atoms. The van der Waals surface area contributed by atoms with E-state index in [-0.39, 0.29) is 0 Å². The highest BCUT2D eigenvalue weighted by atomic mass is 16.5. The lowest BCUT2D eigenvalue weighted by molar-refractivity contribution is 0.0696. The lowest BCUT2D eigenvalue weighted by atomic mass is 10.3. The first-order valence-electron chi connectivity index (χ1n) is 3.10. The van der Waals surface area contributed by atoms with Gasteiger partial charge in [0.25, 0.3) is 5.91 Å². The minimum Gasteiger partial charge on any atom is -0.288 e. The summed E-state index contributed by atoms with van der Waals surface area (Å²) < 4.78 is 1.40. The van der Waals surface area contributed by atoms with Crippen molar-refractivity contribution in [2.75, 3.05) is 0 Å². The van der Waals surface area contributed by atoms with Gasteiger partial charge < -0.3 is 0 Å². The van der Waals surface area contributed by atoms with Crippen molar-refractivity contribution in [1.29, 1.82) is 0 Å². The molecule has 0 aromatic carbocycles. The Morgan fingerprint density at radius 2 is 2.45 bits per heavy atom. The Balaban J connectivity index is 3.03. The molecule has 0 aliphatic rings. The summed E-state index contributed by atoms with van der Waals surface area (Å²) in [6, 6.07) is 1.59. The number of hydroxylamine groups is 1. The zero-order chi connectivity index (χ0) is 8.43. The Hall–Kier alpha value is -1.36. The van der Waals surface area contributed by atoms with Gasteiger partial charge in [-0.25, -0.2) is 5.48 Å². The van der Waals surface area contributed by atoms with Crippen molar-refractivity contribution in [3.63, 3.8) is 0 Å². The Morgan fingerprint density at radius 3 is 2.82 bits per heavy atom. The van der Waals surface area contributed by atoms with Crippen LogP contribution in [0.5, 0.6) is 0 Å². The van der Waals surface area contributed by atoms with Gasteiger partial charge in [-0.1, -0.05) is 0 Å². The number of hydrogen-bond acceptors (Lipinski definition) is 3. The molecule has 1 aromatic heterocycles. The van der Waals surface area contributed by atoms with Gasteiger partial charge in [-0.15, -0.1) is 0 Å². The Bertz CT molecular complexity index is 279. The minimum absolute atomic E-state index is 0.338. The summed E-state index contributed by atoms with van der Waals surface area (Å²) in [5.41, 5.74) is 2.62. The summed E-state index contributed by atoms with van der Waals surface area (Å²) >= 11 is 0. The van der Waals surface area contributed by atoms with Crippen LogP contribution in [0.3, 0.4) is 0 Å². The summed E-state index contributed by atoms with van der Waals surface area (Å²) in [7, 11) is 1.64.